The van der Waals surface area contributed by atoms with Crippen LogP contribution in [-0.2, 0) is 4.79 Å². The third-order valence-electron chi connectivity index (χ3n) is 2.99. The Balaban J connectivity index is 2.18. The molecule has 110 valence electrons. The molecule has 0 saturated heterocycles. The predicted molar refractivity (Wildman–Crippen MR) is 88.2 cm³/mol. The van der Waals surface area contributed by atoms with Crippen molar-refractivity contribution in [3.05, 3.63) is 62.6 Å². The molecule has 0 aliphatic heterocycles. The molecule has 0 radical (unpaired) electrons. The normalized spacial score (nSPS) is 12.0. The van der Waals surface area contributed by atoms with E-state index in [4.69, 9.17) is 40.5 Å². The van der Waals surface area contributed by atoms with E-state index in [9.17, 15) is 4.79 Å². The van der Waals surface area contributed by atoms with Gasteiger partial charge in [0.2, 0.25) is 5.91 Å². The topological polar surface area (TPSA) is 55.1 Å². The molecule has 0 aliphatic rings. The van der Waals surface area contributed by atoms with Gasteiger partial charge in [-0.3, -0.25) is 4.79 Å². The molecule has 0 saturated carbocycles. The van der Waals surface area contributed by atoms with Crippen molar-refractivity contribution in [3.63, 3.8) is 0 Å². The highest BCUT2D eigenvalue weighted by atomic mass is 35.5. The molecule has 3 nitrogen and oxygen atoms in total. The molecule has 2 aromatic carbocycles. The number of benzene rings is 2. The summed E-state index contributed by atoms with van der Waals surface area (Å²) in [5, 5.41) is 3.58. The van der Waals surface area contributed by atoms with Gasteiger partial charge in [-0.05, 0) is 24.6 Å². The number of rotatable bonds is 3. The molecule has 0 aliphatic carbocycles. The molecule has 6 heteroatoms. The van der Waals surface area contributed by atoms with Gasteiger partial charge < -0.3 is 11.1 Å². The van der Waals surface area contributed by atoms with Gasteiger partial charge in [-0.2, -0.15) is 0 Å². The molecule has 3 N–H and O–H groups in total. The lowest BCUT2D eigenvalue weighted by molar-refractivity contribution is -0.117. The molecular weight excluding hydrogens is 331 g/mol. The van der Waals surface area contributed by atoms with Gasteiger partial charge in [-0.1, -0.05) is 64.6 Å². The fourth-order valence-electron chi connectivity index (χ4n) is 1.75. The molecule has 0 spiro atoms. The summed E-state index contributed by atoms with van der Waals surface area (Å²) in [4.78, 5) is 12.2. The molecule has 0 heterocycles. The van der Waals surface area contributed by atoms with Gasteiger partial charge in [0.15, 0.2) is 0 Å². The summed E-state index contributed by atoms with van der Waals surface area (Å²) >= 11 is 17.8. The van der Waals surface area contributed by atoms with Crippen molar-refractivity contribution in [2.24, 2.45) is 5.73 Å². The van der Waals surface area contributed by atoms with Crippen LogP contribution in [0.4, 0.5) is 5.69 Å². The number of hydrogen-bond acceptors (Lipinski definition) is 2. The summed E-state index contributed by atoms with van der Waals surface area (Å²) in [6.45, 7) is 1.96. The Morgan fingerprint density at radius 3 is 2.24 bits per heavy atom. The van der Waals surface area contributed by atoms with Gasteiger partial charge >= 0.3 is 0 Å². The molecule has 0 fully saturated rings. The number of anilines is 1. The fourth-order valence-corrected chi connectivity index (χ4v) is 2.35. The first-order valence-corrected chi connectivity index (χ1v) is 7.29. The number of carbonyl (C=O) groups is 1. The zero-order chi connectivity index (χ0) is 15.6. The number of carbonyl (C=O) groups excluding carboxylic acids is 1. The maximum Gasteiger partial charge on any atom is 0.245 e. The van der Waals surface area contributed by atoms with Crippen LogP contribution in [0.1, 0.15) is 17.2 Å². The minimum atomic E-state index is -0.795. The number of halogens is 3. The first-order valence-electron chi connectivity index (χ1n) is 6.16. The van der Waals surface area contributed by atoms with Gasteiger partial charge in [0.25, 0.3) is 0 Å². The monoisotopic (exact) mass is 342 g/mol. The van der Waals surface area contributed by atoms with Crippen LogP contribution < -0.4 is 11.1 Å². The number of nitrogens with one attached hydrogen (secondary N) is 1. The summed E-state index contributed by atoms with van der Waals surface area (Å²) in [5.74, 6) is -0.376. The van der Waals surface area contributed by atoms with Gasteiger partial charge in [0.1, 0.15) is 6.04 Å². The Labute approximate surface area is 138 Å². The lowest BCUT2D eigenvalue weighted by Gasteiger charge is -2.14. The first kappa shape index (κ1) is 16.1. The van der Waals surface area contributed by atoms with Crippen molar-refractivity contribution in [2.75, 3.05) is 5.32 Å². The standard InChI is InChI=1S/C15H13Cl3N2O/c1-8-2-4-9(5-3-8)14(19)15(21)20-13-7-11(17)10(16)6-12(13)18/h2-7,14H,19H2,1H3,(H,20,21). The van der Waals surface area contributed by atoms with Crippen molar-refractivity contribution in [1.29, 1.82) is 0 Å². The number of nitrogens with two attached hydrogens (primary N) is 1. The lowest BCUT2D eigenvalue weighted by atomic mass is 10.1. The van der Waals surface area contributed by atoms with E-state index in [0.717, 1.165) is 5.56 Å². The van der Waals surface area contributed by atoms with Crippen LogP contribution in [0.25, 0.3) is 0 Å². The van der Waals surface area contributed by atoms with Crippen LogP contribution in [0, 0.1) is 6.92 Å². The van der Waals surface area contributed by atoms with Crippen molar-refractivity contribution in [2.45, 2.75) is 13.0 Å². The van der Waals surface area contributed by atoms with Crippen LogP contribution in [-0.4, -0.2) is 5.91 Å². The van der Waals surface area contributed by atoms with Crippen molar-refractivity contribution in [1.82, 2.24) is 0 Å². The minimum absolute atomic E-state index is 0.300. The third kappa shape index (κ3) is 3.89. The van der Waals surface area contributed by atoms with E-state index in [0.29, 0.717) is 26.3 Å². The van der Waals surface area contributed by atoms with Crippen molar-refractivity contribution in [3.8, 4) is 0 Å². The number of aryl methyl sites for hydroxylation is 1. The first-order chi connectivity index (χ1) is 9.88. The Bertz CT molecular complexity index is 671. The zero-order valence-electron chi connectivity index (χ0n) is 11.2. The summed E-state index contributed by atoms with van der Waals surface area (Å²) in [6, 6.07) is 9.59. The summed E-state index contributed by atoms with van der Waals surface area (Å²) < 4.78 is 0. The second kappa shape index (κ2) is 6.67. The average molecular weight is 344 g/mol. The Morgan fingerprint density at radius 1 is 1.05 bits per heavy atom. The maximum absolute atomic E-state index is 12.2. The second-order valence-corrected chi connectivity index (χ2v) is 5.85. The molecule has 1 atom stereocenters. The van der Waals surface area contributed by atoms with E-state index in [1.165, 1.54) is 12.1 Å². The summed E-state index contributed by atoms with van der Waals surface area (Å²) in [5.41, 5.74) is 8.13. The van der Waals surface area contributed by atoms with Crippen LogP contribution in [0.3, 0.4) is 0 Å². The Hall–Kier alpha value is -1.26. The molecule has 0 bridgehead atoms. The Kier molecular flexibility index (Phi) is 5.12. The van der Waals surface area contributed by atoms with E-state index in [1.807, 2.05) is 31.2 Å². The third-order valence-corrected chi connectivity index (χ3v) is 4.02. The molecule has 21 heavy (non-hydrogen) atoms. The van der Waals surface area contributed by atoms with Gasteiger partial charge in [0.05, 0.1) is 20.8 Å². The number of hydrogen-bond donors (Lipinski definition) is 2. The molecule has 0 aromatic heterocycles. The highest BCUT2D eigenvalue weighted by molar-refractivity contribution is 6.44. The molecular formula is C15H13Cl3N2O. The van der Waals surface area contributed by atoms with Gasteiger partial charge in [-0.25, -0.2) is 0 Å². The smallest absolute Gasteiger partial charge is 0.245 e. The van der Waals surface area contributed by atoms with Crippen molar-refractivity contribution < 1.29 is 4.79 Å². The van der Waals surface area contributed by atoms with E-state index in [1.54, 1.807) is 0 Å². The SMILES string of the molecule is Cc1ccc(C(N)C(=O)Nc2cc(Cl)c(Cl)cc2Cl)cc1. The fraction of sp³-hybridized carbons (Fsp3) is 0.133. The van der Waals surface area contributed by atoms with Gasteiger partial charge in [-0.15, -0.1) is 0 Å². The molecule has 1 amide bonds. The van der Waals surface area contributed by atoms with Crippen molar-refractivity contribution >= 4 is 46.4 Å². The van der Waals surface area contributed by atoms with Crippen LogP contribution in [0.2, 0.25) is 15.1 Å². The highest BCUT2D eigenvalue weighted by Crippen LogP contribution is 2.32. The van der Waals surface area contributed by atoms with Crippen LogP contribution in [0.5, 0.6) is 0 Å². The minimum Gasteiger partial charge on any atom is -0.323 e. The van der Waals surface area contributed by atoms with E-state index < -0.39 is 6.04 Å². The van der Waals surface area contributed by atoms with E-state index in [2.05, 4.69) is 5.32 Å². The quantitative estimate of drug-likeness (QED) is 0.801. The summed E-state index contributed by atoms with van der Waals surface area (Å²) in [7, 11) is 0. The lowest BCUT2D eigenvalue weighted by Crippen LogP contribution is -2.27. The zero-order valence-corrected chi connectivity index (χ0v) is 13.4. The molecule has 2 aromatic rings. The molecule has 2 rings (SSSR count). The van der Waals surface area contributed by atoms with Gasteiger partial charge in [0, 0.05) is 0 Å². The average Bonchev–Trinajstić information content (AvgIpc) is 2.44. The van der Waals surface area contributed by atoms with Crippen LogP contribution >= 0.6 is 34.8 Å². The highest BCUT2D eigenvalue weighted by Gasteiger charge is 2.17. The predicted octanol–water partition coefficient (Wildman–Crippen LogP) is 4.59. The van der Waals surface area contributed by atoms with E-state index in [-0.39, 0.29) is 5.91 Å². The Morgan fingerprint density at radius 2 is 1.62 bits per heavy atom. The maximum atomic E-state index is 12.2. The summed E-state index contributed by atoms with van der Waals surface area (Å²) in [6.07, 6.45) is 0. The largest absolute Gasteiger partial charge is 0.323 e. The van der Waals surface area contributed by atoms with Crippen LogP contribution in [0.15, 0.2) is 36.4 Å². The second-order valence-electron chi connectivity index (χ2n) is 4.62. The molecule has 1 unspecified atom stereocenters. The number of amides is 1. The van der Waals surface area contributed by atoms with E-state index >= 15 is 0 Å².